The molecule has 1 amide bonds. The molecule has 4 atom stereocenters. The van der Waals surface area contributed by atoms with Gasteiger partial charge in [0.15, 0.2) is 5.69 Å². The molecule has 0 spiro atoms. The van der Waals surface area contributed by atoms with E-state index in [2.05, 4.69) is 20.2 Å². The molecule has 0 aromatic carbocycles. The minimum absolute atomic E-state index is 0.0273. The van der Waals surface area contributed by atoms with Crippen LogP contribution in [0.5, 0.6) is 5.88 Å². The molecular weight excluding hydrogens is 449 g/mol. The molecule has 11 heteroatoms. The first-order valence-electron chi connectivity index (χ1n) is 11.1. The topological polar surface area (TPSA) is 86.0 Å². The van der Waals surface area contributed by atoms with E-state index in [0.717, 1.165) is 30.7 Å². The van der Waals surface area contributed by atoms with Gasteiger partial charge in [-0.2, -0.15) is 23.4 Å². The first-order chi connectivity index (χ1) is 16.3. The number of hydrogen-bond donors (Lipinski definition) is 0. The molecule has 1 saturated carbocycles. The van der Waals surface area contributed by atoms with Crippen molar-refractivity contribution in [1.82, 2.24) is 29.9 Å². The lowest BCUT2D eigenvalue weighted by Crippen LogP contribution is -2.52. The van der Waals surface area contributed by atoms with E-state index in [1.54, 1.807) is 6.20 Å². The molecule has 2 bridgehead atoms. The maximum absolute atomic E-state index is 13.8. The first kappa shape index (κ1) is 22.3. The number of piperidine rings is 1. The molecule has 1 saturated heterocycles. The SMILES string of the molecule is CCC1C2CC(Oc3ccc(C(F)(F)F)cn3)C(C2)N1C(=O)c1ncc(C)cc1-n1nccn1. The van der Waals surface area contributed by atoms with Crippen molar-refractivity contribution in [2.24, 2.45) is 5.92 Å². The molecule has 34 heavy (non-hydrogen) atoms. The summed E-state index contributed by atoms with van der Waals surface area (Å²) in [6.45, 7) is 3.92. The number of hydrogen-bond acceptors (Lipinski definition) is 6. The molecule has 2 aliphatic rings. The Morgan fingerprint density at radius 1 is 1.15 bits per heavy atom. The summed E-state index contributed by atoms with van der Waals surface area (Å²) in [7, 11) is 0. The number of fused-ring (bicyclic) bond motifs is 2. The number of likely N-dealkylation sites (tertiary alicyclic amines) is 1. The molecule has 178 valence electrons. The number of halogens is 3. The predicted molar refractivity (Wildman–Crippen MR) is 114 cm³/mol. The van der Waals surface area contributed by atoms with Crippen LogP contribution in [0.1, 0.15) is 47.8 Å². The minimum atomic E-state index is -4.46. The molecule has 2 fully saturated rings. The molecule has 1 aliphatic heterocycles. The lowest BCUT2D eigenvalue weighted by atomic mass is 9.95. The van der Waals surface area contributed by atoms with Crippen molar-refractivity contribution in [2.75, 3.05) is 0 Å². The average molecular weight is 472 g/mol. The molecule has 0 N–H and O–H groups in total. The highest BCUT2D eigenvalue weighted by atomic mass is 19.4. The molecule has 0 radical (unpaired) electrons. The van der Waals surface area contributed by atoms with Gasteiger partial charge in [-0.05, 0) is 49.8 Å². The van der Waals surface area contributed by atoms with E-state index in [9.17, 15) is 18.0 Å². The van der Waals surface area contributed by atoms with Crippen LogP contribution in [0.2, 0.25) is 0 Å². The van der Waals surface area contributed by atoms with Gasteiger partial charge in [0.2, 0.25) is 5.88 Å². The van der Waals surface area contributed by atoms with Crippen LogP contribution in [0.3, 0.4) is 0 Å². The van der Waals surface area contributed by atoms with E-state index in [0.29, 0.717) is 12.1 Å². The Hall–Kier alpha value is -3.50. The summed E-state index contributed by atoms with van der Waals surface area (Å²) in [6.07, 6.45) is 2.89. The van der Waals surface area contributed by atoms with E-state index >= 15 is 0 Å². The van der Waals surface area contributed by atoms with Crippen molar-refractivity contribution in [3.63, 3.8) is 0 Å². The number of aryl methyl sites for hydroxylation is 1. The van der Waals surface area contributed by atoms with Crippen LogP contribution in [-0.4, -0.2) is 54.0 Å². The summed E-state index contributed by atoms with van der Waals surface area (Å²) in [5.74, 6) is 0.108. The van der Waals surface area contributed by atoms with Gasteiger partial charge in [0.1, 0.15) is 11.8 Å². The van der Waals surface area contributed by atoms with Crippen molar-refractivity contribution in [3.05, 3.63) is 59.8 Å². The number of ether oxygens (including phenoxy) is 1. The van der Waals surface area contributed by atoms with E-state index < -0.39 is 11.7 Å². The average Bonchev–Trinajstić information content (AvgIpc) is 3.54. The van der Waals surface area contributed by atoms with Crippen LogP contribution in [0, 0.1) is 12.8 Å². The van der Waals surface area contributed by atoms with Crippen LogP contribution in [0.25, 0.3) is 5.69 Å². The smallest absolute Gasteiger partial charge is 0.417 e. The zero-order chi connectivity index (χ0) is 24.0. The van der Waals surface area contributed by atoms with Gasteiger partial charge in [-0.25, -0.2) is 9.97 Å². The Bertz CT molecular complexity index is 1180. The van der Waals surface area contributed by atoms with Gasteiger partial charge in [0.05, 0.1) is 24.0 Å². The quantitative estimate of drug-likeness (QED) is 0.561. The monoisotopic (exact) mass is 472 g/mol. The highest BCUT2D eigenvalue weighted by molar-refractivity contribution is 5.96. The van der Waals surface area contributed by atoms with Gasteiger partial charge in [0, 0.05) is 24.5 Å². The van der Waals surface area contributed by atoms with Crippen molar-refractivity contribution < 1.29 is 22.7 Å². The Labute approximate surface area is 193 Å². The Morgan fingerprint density at radius 3 is 2.56 bits per heavy atom. The number of amides is 1. The van der Waals surface area contributed by atoms with Crippen LogP contribution >= 0.6 is 0 Å². The van der Waals surface area contributed by atoms with Gasteiger partial charge in [-0.15, -0.1) is 4.80 Å². The minimum Gasteiger partial charge on any atom is -0.472 e. The van der Waals surface area contributed by atoms with Crippen LogP contribution in [-0.2, 0) is 6.18 Å². The zero-order valence-electron chi connectivity index (χ0n) is 18.6. The van der Waals surface area contributed by atoms with Gasteiger partial charge in [-0.1, -0.05) is 6.92 Å². The normalized spacial score (nSPS) is 24.0. The molecule has 1 aliphatic carbocycles. The third kappa shape index (κ3) is 3.88. The summed E-state index contributed by atoms with van der Waals surface area (Å²) in [6, 6.07) is 3.79. The van der Waals surface area contributed by atoms with E-state index in [1.807, 2.05) is 24.8 Å². The second-order valence-electron chi connectivity index (χ2n) is 8.72. The maximum atomic E-state index is 13.8. The number of rotatable bonds is 5. The van der Waals surface area contributed by atoms with Gasteiger partial charge < -0.3 is 9.64 Å². The fraction of sp³-hybridized carbons (Fsp3) is 0.435. The van der Waals surface area contributed by atoms with Gasteiger partial charge >= 0.3 is 6.18 Å². The highest BCUT2D eigenvalue weighted by Crippen LogP contribution is 2.46. The number of alkyl halides is 3. The molecule has 4 heterocycles. The van der Waals surface area contributed by atoms with E-state index in [4.69, 9.17) is 4.74 Å². The van der Waals surface area contributed by atoms with Crippen LogP contribution < -0.4 is 4.74 Å². The number of aromatic nitrogens is 5. The number of carbonyl (C=O) groups is 1. The summed E-state index contributed by atoms with van der Waals surface area (Å²) in [4.78, 5) is 25.2. The largest absolute Gasteiger partial charge is 0.472 e. The predicted octanol–water partition coefficient (Wildman–Crippen LogP) is 3.85. The van der Waals surface area contributed by atoms with E-state index in [1.165, 1.54) is 23.3 Å². The summed E-state index contributed by atoms with van der Waals surface area (Å²) in [5.41, 5.74) is 0.781. The highest BCUT2D eigenvalue weighted by Gasteiger charge is 2.54. The summed E-state index contributed by atoms with van der Waals surface area (Å²) < 4.78 is 44.5. The standard InChI is InChI=1S/C23H23F3N6O2/c1-3-16-14-9-17(19(10-14)34-20-5-4-15(12-27-20)23(24,25)26)31(16)22(33)21-18(8-13(2)11-28-21)32-29-6-7-30-32/h4-8,11-12,14,16-17,19H,3,9-10H2,1-2H3. The lowest BCUT2D eigenvalue weighted by Gasteiger charge is -2.39. The number of carbonyl (C=O) groups excluding carboxylic acids is 1. The fourth-order valence-electron chi connectivity index (χ4n) is 5.16. The van der Waals surface area contributed by atoms with Crippen molar-refractivity contribution >= 4 is 5.91 Å². The van der Waals surface area contributed by atoms with Crippen molar-refractivity contribution in [1.29, 1.82) is 0 Å². The first-order valence-corrected chi connectivity index (χ1v) is 11.1. The maximum Gasteiger partial charge on any atom is 0.417 e. The summed E-state index contributed by atoms with van der Waals surface area (Å²) >= 11 is 0. The third-order valence-electron chi connectivity index (χ3n) is 6.60. The second-order valence-corrected chi connectivity index (χ2v) is 8.72. The molecule has 5 rings (SSSR count). The fourth-order valence-corrected chi connectivity index (χ4v) is 5.16. The Balaban J connectivity index is 1.42. The van der Waals surface area contributed by atoms with Gasteiger partial charge in [-0.3, -0.25) is 4.79 Å². The molecule has 3 aromatic heterocycles. The lowest BCUT2D eigenvalue weighted by molar-refractivity contribution is -0.137. The summed E-state index contributed by atoms with van der Waals surface area (Å²) in [5, 5.41) is 8.32. The third-order valence-corrected chi connectivity index (χ3v) is 6.60. The zero-order valence-corrected chi connectivity index (χ0v) is 18.6. The molecule has 3 aromatic rings. The second kappa shape index (κ2) is 8.37. The Morgan fingerprint density at radius 2 is 1.91 bits per heavy atom. The van der Waals surface area contributed by atoms with Crippen molar-refractivity contribution in [3.8, 4) is 11.6 Å². The molecular formula is C23H23F3N6O2. The van der Waals surface area contributed by atoms with Crippen molar-refractivity contribution in [2.45, 2.75) is 57.5 Å². The number of pyridine rings is 2. The van der Waals surface area contributed by atoms with Gasteiger partial charge in [0.25, 0.3) is 5.91 Å². The van der Waals surface area contributed by atoms with Crippen LogP contribution in [0.15, 0.2) is 43.0 Å². The molecule has 4 unspecified atom stereocenters. The number of nitrogens with zero attached hydrogens (tertiary/aromatic N) is 6. The molecule has 8 nitrogen and oxygen atoms in total. The Kier molecular flexibility index (Phi) is 5.49. The van der Waals surface area contributed by atoms with E-state index in [-0.39, 0.29) is 41.6 Å². The van der Waals surface area contributed by atoms with Crippen LogP contribution in [0.4, 0.5) is 13.2 Å².